The van der Waals surface area contributed by atoms with Gasteiger partial charge in [-0.25, -0.2) is 0 Å². The number of halogens is 3. The molecule has 0 radical (unpaired) electrons. The van der Waals surface area contributed by atoms with Gasteiger partial charge in [-0.15, -0.1) is 0 Å². The molecule has 1 rings (SSSR count). The third-order valence-electron chi connectivity index (χ3n) is 4.39. The maximum absolute atomic E-state index is 12.8. The minimum Gasteiger partial charge on any atom is -0.319 e. The average Bonchev–Trinajstić information content (AvgIpc) is 2.26. The standard InChI is InChI=1S/C15H29F3N2/c1-12(2)20(11-15(16,17)18)10-14(9-19-4)7-5-6-13(3)8-14/h12-13,19H,5-11H2,1-4H3. The number of alkyl halides is 3. The molecule has 0 spiro atoms. The molecule has 1 aliphatic rings. The Bertz CT molecular complexity index is 287. The molecule has 0 aromatic heterocycles. The van der Waals surface area contributed by atoms with Crippen LogP contribution in [0.25, 0.3) is 0 Å². The third kappa shape index (κ3) is 5.60. The van der Waals surface area contributed by atoms with Crippen molar-refractivity contribution in [2.45, 2.75) is 58.7 Å². The Morgan fingerprint density at radius 3 is 2.45 bits per heavy atom. The molecule has 2 nitrogen and oxygen atoms in total. The van der Waals surface area contributed by atoms with Gasteiger partial charge >= 0.3 is 6.18 Å². The summed E-state index contributed by atoms with van der Waals surface area (Å²) in [7, 11) is 1.89. The molecule has 1 saturated carbocycles. The molecular formula is C15H29F3N2. The Balaban J connectivity index is 2.80. The van der Waals surface area contributed by atoms with E-state index in [-0.39, 0.29) is 11.5 Å². The van der Waals surface area contributed by atoms with Gasteiger partial charge in [0.1, 0.15) is 0 Å². The second-order valence-electron chi connectivity index (χ2n) is 6.85. The molecule has 1 fully saturated rings. The van der Waals surface area contributed by atoms with Crippen molar-refractivity contribution in [2.24, 2.45) is 11.3 Å². The van der Waals surface area contributed by atoms with Crippen LogP contribution in [0.4, 0.5) is 13.2 Å². The zero-order valence-electron chi connectivity index (χ0n) is 13.2. The van der Waals surface area contributed by atoms with Crippen molar-refractivity contribution in [3.63, 3.8) is 0 Å². The van der Waals surface area contributed by atoms with Crippen LogP contribution in [0.15, 0.2) is 0 Å². The van der Waals surface area contributed by atoms with Gasteiger partial charge in [0.15, 0.2) is 0 Å². The molecule has 5 heteroatoms. The number of rotatable bonds is 6. The predicted molar refractivity (Wildman–Crippen MR) is 76.8 cm³/mol. The van der Waals surface area contributed by atoms with E-state index in [1.807, 2.05) is 20.9 Å². The summed E-state index contributed by atoms with van der Waals surface area (Å²) in [6.45, 7) is 6.46. The van der Waals surface area contributed by atoms with Gasteiger partial charge in [-0.1, -0.05) is 19.8 Å². The first kappa shape index (κ1) is 17.8. The maximum atomic E-state index is 12.8. The van der Waals surface area contributed by atoms with Crippen molar-refractivity contribution >= 4 is 0 Å². The first-order valence-electron chi connectivity index (χ1n) is 7.63. The van der Waals surface area contributed by atoms with Crippen LogP contribution in [0.2, 0.25) is 0 Å². The summed E-state index contributed by atoms with van der Waals surface area (Å²) in [6, 6.07) is -0.0809. The Kier molecular flexibility index (Phi) is 6.32. The van der Waals surface area contributed by atoms with E-state index in [9.17, 15) is 13.2 Å². The molecule has 2 unspecified atom stereocenters. The minimum absolute atomic E-state index is 0.0120. The van der Waals surface area contributed by atoms with Crippen LogP contribution in [0.1, 0.15) is 46.5 Å². The second kappa shape index (κ2) is 7.12. The molecule has 2 atom stereocenters. The van der Waals surface area contributed by atoms with Crippen LogP contribution in [0.3, 0.4) is 0 Å². The molecule has 0 aromatic rings. The molecular weight excluding hydrogens is 265 g/mol. The predicted octanol–water partition coefficient (Wildman–Crippen LogP) is 3.68. The quantitative estimate of drug-likeness (QED) is 0.804. The third-order valence-corrected chi connectivity index (χ3v) is 4.39. The molecule has 0 amide bonds. The SMILES string of the molecule is CNCC1(CN(CC(F)(F)F)C(C)C)CCCC(C)C1. The highest BCUT2D eigenvalue weighted by Gasteiger charge is 2.39. The number of hydrogen-bond acceptors (Lipinski definition) is 2. The van der Waals surface area contributed by atoms with Gasteiger partial charge in [0.25, 0.3) is 0 Å². The van der Waals surface area contributed by atoms with Gasteiger partial charge in [0.2, 0.25) is 0 Å². The van der Waals surface area contributed by atoms with Crippen molar-refractivity contribution in [1.29, 1.82) is 0 Å². The molecule has 1 aliphatic carbocycles. The van der Waals surface area contributed by atoms with E-state index >= 15 is 0 Å². The largest absolute Gasteiger partial charge is 0.401 e. The van der Waals surface area contributed by atoms with Crippen LogP contribution in [0.5, 0.6) is 0 Å². The van der Waals surface area contributed by atoms with Gasteiger partial charge in [-0.05, 0) is 45.1 Å². The van der Waals surface area contributed by atoms with E-state index in [0.29, 0.717) is 12.5 Å². The van der Waals surface area contributed by atoms with E-state index in [1.54, 1.807) is 4.90 Å². The summed E-state index contributed by atoms with van der Waals surface area (Å²) >= 11 is 0. The molecule has 0 aliphatic heterocycles. The molecule has 0 aromatic carbocycles. The fraction of sp³-hybridized carbons (Fsp3) is 1.00. The van der Waals surface area contributed by atoms with E-state index in [0.717, 1.165) is 25.8 Å². The smallest absolute Gasteiger partial charge is 0.319 e. The molecule has 0 saturated heterocycles. The Hall–Kier alpha value is -0.290. The summed E-state index contributed by atoms with van der Waals surface area (Å²) in [6.07, 6.45) is 0.257. The van der Waals surface area contributed by atoms with Gasteiger partial charge in [-0.2, -0.15) is 13.2 Å². The maximum Gasteiger partial charge on any atom is 0.401 e. The lowest BCUT2D eigenvalue weighted by Crippen LogP contribution is -2.50. The van der Waals surface area contributed by atoms with E-state index in [1.165, 1.54) is 6.42 Å². The Labute approximate surface area is 121 Å². The van der Waals surface area contributed by atoms with Crippen molar-refractivity contribution in [1.82, 2.24) is 10.2 Å². The fourth-order valence-corrected chi connectivity index (χ4v) is 3.59. The summed E-state index contributed by atoms with van der Waals surface area (Å²) in [5, 5.41) is 3.20. The van der Waals surface area contributed by atoms with Crippen LogP contribution in [0, 0.1) is 11.3 Å². The van der Waals surface area contributed by atoms with E-state index in [2.05, 4.69) is 12.2 Å². The van der Waals surface area contributed by atoms with Crippen molar-refractivity contribution < 1.29 is 13.2 Å². The van der Waals surface area contributed by atoms with Gasteiger partial charge in [-0.3, -0.25) is 4.90 Å². The molecule has 1 N–H and O–H groups in total. The lowest BCUT2D eigenvalue weighted by Gasteiger charge is -2.44. The Morgan fingerprint density at radius 1 is 1.35 bits per heavy atom. The van der Waals surface area contributed by atoms with Gasteiger partial charge < -0.3 is 5.32 Å². The summed E-state index contributed by atoms with van der Waals surface area (Å²) in [5.74, 6) is 0.608. The highest BCUT2D eigenvalue weighted by Crippen LogP contribution is 2.40. The summed E-state index contributed by atoms with van der Waals surface area (Å²) < 4.78 is 38.3. The average molecular weight is 294 g/mol. The topological polar surface area (TPSA) is 15.3 Å². The highest BCUT2D eigenvalue weighted by atomic mass is 19.4. The van der Waals surface area contributed by atoms with Crippen molar-refractivity contribution in [3.8, 4) is 0 Å². The lowest BCUT2D eigenvalue weighted by molar-refractivity contribution is -0.154. The van der Waals surface area contributed by atoms with Crippen LogP contribution >= 0.6 is 0 Å². The molecule has 20 heavy (non-hydrogen) atoms. The normalized spacial score (nSPS) is 28.4. The number of nitrogens with zero attached hydrogens (tertiary/aromatic N) is 1. The fourth-order valence-electron chi connectivity index (χ4n) is 3.59. The van der Waals surface area contributed by atoms with Crippen molar-refractivity contribution in [3.05, 3.63) is 0 Å². The minimum atomic E-state index is -4.12. The summed E-state index contributed by atoms with van der Waals surface area (Å²) in [5.41, 5.74) is -0.0120. The van der Waals surface area contributed by atoms with Crippen molar-refractivity contribution in [2.75, 3.05) is 26.7 Å². The zero-order chi connectivity index (χ0) is 15.4. The molecule has 0 heterocycles. The first-order valence-corrected chi connectivity index (χ1v) is 7.63. The molecule has 0 bridgehead atoms. The van der Waals surface area contributed by atoms with Crippen LogP contribution in [-0.4, -0.2) is 43.8 Å². The first-order chi connectivity index (χ1) is 9.17. The van der Waals surface area contributed by atoms with Crippen LogP contribution in [-0.2, 0) is 0 Å². The second-order valence-corrected chi connectivity index (χ2v) is 6.85. The lowest BCUT2D eigenvalue weighted by atomic mass is 9.69. The molecule has 120 valence electrons. The number of hydrogen-bond donors (Lipinski definition) is 1. The van der Waals surface area contributed by atoms with Gasteiger partial charge in [0, 0.05) is 19.1 Å². The summed E-state index contributed by atoms with van der Waals surface area (Å²) in [4.78, 5) is 1.59. The van der Waals surface area contributed by atoms with Gasteiger partial charge in [0.05, 0.1) is 6.54 Å². The highest BCUT2D eigenvalue weighted by molar-refractivity contribution is 4.90. The number of nitrogens with one attached hydrogen (secondary N) is 1. The monoisotopic (exact) mass is 294 g/mol. The van der Waals surface area contributed by atoms with E-state index < -0.39 is 12.7 Å². The van der Waals surface area contributed by atoms with E-state index in [4.69, 9.17) is 0 Å². The Morgan fingerprint density at radius 2 is 2.00 bits per heavy atom. The van der Waals surface area contributed by atoms with Crippen LogP contribution < -0.4 is 5.32 Å². The zero-order valence-corrected chi connectivity index (χ0v) is 13.2.